The van der Waals surface area contributed by atoms with Gasteiger partial charge in [0.2, 0.25) is 0 Å². The van der Waals surface area contributed by atoms with Gasteiger partial charge < -0.3 is 24.1 Å². The number of hydrogen-bond acceptors (Lipinski definition) is 7. The van der Waals surface area contributed by atoms with Gasteiger partial charge in [-0.3, -0.25) is 14.5 Å². The number of amides is 1. The number of ether oxygens (including phenoxy) is 4. The second kappa shape index (κ2) is 11.3. The van der Waals surface area contributed by atoms with Crippen molar-refractivity contribution in [2.24, 2.45) is 0 Å². The molecule has 0 aliphatic carbocycles. The van der Waals surface area contributed by atoms with Gasteiger partial charge in [0.1, 0.15) is 17.3 Å². The zero-order valence-corrected chi connectivity index (χ0v) is 23.4. The number of hydrogen-bond donors (Lipinski definition) is 1. The largest absolute Gasteiger partial charge is 0.507 e. The van der Waals surface area contributed by atoms with E-state index in [4.69, 9.17) is 30.5 Å². The number of aryl methyl sites for hydroxylation is 2. The molecular weight excluding hydrogens is 522 g/mol. The lowest BCUT2D eigenvalue weighted by atomic mass is 9.94. The van der Waals surface area contributed by atoms with Crippen LogP contribution in [0, 0.1) is 13.8 Å². The fourth-order valence-electron chi connectivity index (χ4n) is 4.79. The third kappa shape index (κ3) is 5.00. The summed E-state index contributed by atoms with van der Waals surface area (Å²) in [5, 5.41) is 11.9. The molecule has 1 unspecified atom stereocenters. The molecule has 0 aromatic heterocycles. The van der Waals surface area contributed by atoms with Gasteiger partial charge in [-0.05, 0) is 56.2 Å². The summed E-state index contributed by atoms with van der Waals surface area (Å²) in [6.45, 7) is 6.03. The van der Waals surface area contributed by atoms with Crippen molar-refractivity contribution >= 4 is 34.7 Å². The molecular formula is C30H30ClNO7. The summed E-state index contributed by atoms with van der Waals surface area (Å²) in [4.78, 5) is 28.7. The van der Waals surface area contributed by atoms with Crippen LogP contribution in [0.5, 0.6) is 23.0 Å². The molecule has 1 atom stereocenters. The number of methoxy groups -OCH3 is 3. The number of anilines is 1. The van der Waals surface area contributed by atoms with Crippen LogP contribution in [0.1, 0.15) is 35.2 Å². The Morgan fingerprint density at radius 3 is 2.21 bits per heavy atom. The van der Waals surface area contributed by atoms with Crippen LogP contribution in [0.15, 0.2) is 54.1 Å². The topological polar surface area (TPSA) is 94.5 Å². The molecule has 8 nitrogen and oxygen atoms in total. The van der Waals surface area contributed by atoms with Gasteiger partial charge in [0, 0.05) is 11.8 Å². The van der Waals surface area contributed by atoms with Gasteiger partial charge in [-0.15, -0.1) is 0 Å². The average Bonchev–Trinajstić information content (AvgIpc) is 3.18. The summed E-state index contributed by atoms with van der Waals surface area (Å²) >= 11 is 6.27. The van der Waals surface area contributed by atoms with Crippen molar-refractivity contribution in [3.05, 3.63) is 81.4 Å². The van der Waals surface area contributed by atoms with Crippen LogP contribution in [0.3, 0.4) is 0 Å². The predicted molar refractivity (Wildman–Crippen MR) is 149 cm³/mol. The Hall–Kier alpha value is -4.17. The molecule has 0 saturated carbocycles. The van der Waals surface area contributed by atoms with Crippen molar-refractivity contribution in [3.8, 4) is 23.0 Å². The Morgan fingerprint density at radius 2 is 1.59 bits per heavy atom. The third-order valence-electron chi connectivity index (χ3n) is 6.59. The first kappa shape index (κ1) is 27.9. The van der Waals surface area contributed by atoms with Gasteiger partial charge in [-0.25, -0.2) is 0 Å². The molecule has 0 spiro atoms. The number of ketones is 1. The van der Waals surface area contributed by atoms with Gasteiger partial charge in [0.25, 0.3) is 11.7 Å². The van der Waals surface area contributed by atoms with Gasteiger partial charge >= 0.3 is 0 Å². The first-order chi connectivity index (χ1) is 18.7. The minimum absolute atomic E-state index is 0.115. The lowest BCUT2D eigenvalue weighted by molar-refractivity contribution is -0.132. The molecule has 1 N–H and O–H groups in total. The van der Waals surface area contributed by atoms with Gasteiger partial charge in [0.15, 0.2) is 11.5 Å². The highest BCUT2D eigenvalue weighted by Gasteiger charge is 2.48. The highest BCUT2D eigenvalue weighted by atomic mass is 35.5. The molecule has 3 aromatic rings. The van der Waals surface area contributed by atoms with Gasteiger partial charge in [0.05, 0.1) is 50.1 Å². The Balaban J connectivity index is 2.04. The number of Topliss-reactive ketones (excluding diaryl/α,β-unsaturated/α-hetero) is 1. The maximum absolute atomic E-state index is 13.7. The van der Waals surface area contributed by atoms with E-state index < -0.39 is 23.5 Å². The molecule has 0 radical (unpaired) electrons. The van der Waals surface area contributed by atoms with E-state index in [1.54, 1.807) is 24.3 Å². The fourth-order valence-corrected chi connectivity index (χ4v) is 5.03. The molecule has 0 bridgehead atoms. The Labute approximate surface area is 232 Å². The van der Waals surface area contributed by atoms with E-state index in [0.29, 0.717) is 29.4 Å². The van der Waals surface area contributed by atoms with Crippen molar-refractivity contribution in [1.82, 2.24) is 0 Å². The van der Waals surface area contributed by atoms with Crippen molar-refractivity contribution in [1.29, 1.82) is 0 Å². The van der Waals surface area contributed by atoms with E-state index in [0.717, 1.165) is 11.1 Å². The van der Waals surface area contributed by atoms with Gasteiger partial charge in [-0.1, -0.05) is 35.4 Å². The Morgan fingerprint density at radius 1 is 0.897 bits per heavy atom. The lowest BCUT2D eigenvalue weighted by Crippen LogP contribution is -2.30. The van der Waals surface area contributed by atoms with Crippen molar-refractivity contribution < 1.29 is 33.6 Å². The highest BCUT2D eigenvalue weighted by Crippen LogP contribution is 2.46. The van der Waals surface area contributed by atoms with E-state index in [2.05, 4.69) is 0 Å². The molecule has 1 aliphatic heterocycles. The predicted octanol–water partition coefficient (Wildman–Crippen LogP) is 6.01. The van der Waals surface area contributed by atoms with Crippen molar-refractivity contribution in [2.45, 2.75) is 26.8 Å². The molecule has 39 heavy (non-hydrogen) atoms. The van der Waals surface area contributed by atoms with Crippen molar-refractivity contribution in [2.75, 3.05) is 32.8 Å². The quantitative estimate of drug-likeness (QED) is 0.208. The normalized spacial score (nSPS) is 16.4. The van der Waals surface area contributed by atoms with Crippen molar-refractivity contribution in [3.63, 3.8) is 0 Å². The summed E-state index contributed by atoms with van der Waals surface area (Å²) in [6.07, 6.45) is 0. The second-order valence-electron chi connectivity index (χ2n) is 8.99. The van der Waals surface area contributed by atoms with E-state index in [9.17, 15) is 14.7 Å². The summed E-state index contributed by atoms with van der Waals surface area (Å²) < 4.78 is 22.0. The molecule has 1 fully saturated rings. The maximum atomic E-state index is 13.7. The first-order valence-corrected chi connectivity index (χ1v) is 12.6. The number of aliphatic hydroxyl groups is 1. The van der Waals surface area contributed by atoms with E-state index in [-0.39, 0.29) is 27.7 Å². The monoisotopic (exact) mass is 551 g/mol. The van der Waals surface area contributed by atoms with Crippen LogP contribution < -0.4 is 23.8 Å². The standard InChI is InChI=1S/C30H30ClNO7/c1-7-39-25-13-18(9-11-22(25)36-4)27-26(28(33)19-14-24(38-6)20(31)15-23(19)37-5)29(34)30(35)32(27)21-10-8-16(2)12-17(21)3/h8-15,27,33H,7H2,1-6H3/b28-26+. The first-order valence-electron chi connectivity index (χ1n) is 12.3. The third-order valence-corrected chi connectivity index (χ3v) is 6.88. The Bertz CT molecular complexity index is 1480. The van der Waals surface area contributed by atoms with E-state index in [1.165, 1.54) is 38.4 Å². The highest BCUT2D eigenvalue weighted by molar-refractivity contribution is 6.52. The molecule has 1 amide bonds. The minimum Gasteiger partial charge on any atom is -0.507 e. The van der Waals surface area contributed by atoms with Gasteiger partial charge in [-0.2, -0.15) is 0 Å². The zero-order valence-electron chi connectivity index (χ0n) is 22.6. The van der Waals surface area contributed by atoms with E-state index in [1.807, 2.05) is 32.9 Å². The lowest BCUT2D eigenvalue weighted by Gasteiger charge is -2.27. The average molecular weight is 552 g/mol. The molecule has 1 saturated heterocycles. The summed E-state index contributed by atoms with van der Waals surface area (Å²) in [5.41, 5.74) is 2.92. The zero-order chi connectivity index (χ0) is 28.4. The van der Waals surface area contributed by atoms with E-state index >= 15 is 0 Å². The molecule has 1 aliphatic rings. The number of nitrogens with zero attached hydrogens (tertiary/aromatic N) is 1. The summed E-state index contributed by atoms with van der Waals surface area (Å²) in [6, 6.07) is 12.7. The number of carbonyl (C=O) groups is 2. The number of halogens is 1. The van der Waals surface area contributed by atoms with Crippen LogP contribution in [0.25, 0.3) is 5.76 Å². The smallest absolute Gasteiger partial charge is 0.300 e. The maximum Gasteiger partial charge on any atom is 0.300 e. The fraction of sp³-hybridized carbons (Fsp3) is 0.267. The SMILES string of the molecule is CCOc1cc(C2/C(=C(\O)c3cc(OC)c(Cl)cc3OC)C(=O)C(=O)N2c2ccc(C)cc2C)ccc1OC. The number of aliphatic hydroxyl groups excluding tert-OH is 1. The molecule has 204 valence electrons. The van der Waals surface area contributed by atoms with Crippen LogP contribution in [0.4, 0.5) is 5.69 Å². The molecule has 9 heteroatoms. The number of benzene rings is 3. The van der Waals surface area contributed by atoms with Crippen LogP contribution >= 0.6 is 11.6 Å². The molecule has 3 aromatic carbocycles. The second-order valence-corrected chi connectivity index (χ2v) is 9.40. The van der Waals surface area contributed by atoms with Crippen LogP contribution in [0.2, 0.25) is 5.02 Å². The Kier molecular flexibility index (Phi) is 8.06. The number of rotatable bonds is 8. The minimum atomic E-state index is -0.983. The molecule has 1 heterocycles. The summed E-state index contributed by atoms with van der Waals surface area (Å²) in [7, 11) is 4.38. The van der Waals surface area contributed by atoms with Crippen LogP contribution in [-0.4, -0.2) is 44.7 Å². The van der Waals surface area contributed by atoms with Crippen LogP contribution in [-0.2, 0) is 9.59 Å². The molecule has 4 rings (SSSR count). The summed E-state index contributed by atoms with van der Waals surface area (Å²) in [5.74, 6) is -0.639. The number of carbonyl (C=O) groups excluding carboxylic acids is 2.